The number of aromatic hydroxyl groups is 1. The van der Waals surface area contributed by atoms with Gasteiger partial charge >= 0.3 is 0 Å². The summed E-state index contributed by atoms with van der Waals surface area (Å²) in [6, 6.07) is 11.1. The Labute approximate surface area is 152 Å². The SMILES string of the molecule is CC1(C(=O)N2CCOc3c(O)cc(-c4cccc(Cl)c4)cc3C2)CC1. The largest absolute Gasteiger partial charge is 0.504 e. The van der Waals surface area contributed by atoms with E-state index < -0.39 is 0 Å². The van der Waals surface area contributed by atoms with Gasteiger partial charge in [0.15, 0.2) is 11.5 Å². The molecule has 0 bridgehead atoms. The Balaban J connectivity index is 1.71. The van der Waals surface area contributed by atoms with Gasteiger partial charge in [-0.2, -0.15) is 0 Å². The van der Waals surface area contributed by atoms with Crippen molar-refractivity contribution in [3.63, 3.8) is 0 Å². The van der Waals surface area contributed by atoms with E-state index in [0.29, 0.717) is 30.5 Å². The van der Waals surface area contributed by atoms with E-state index in [0.717, 1.165) is 29.5 Å². The number of hydrogen-bond acceptors (Lipinski definition) is 3. The molecule has 0 unspecified atom stereocenters. The minimum atomic E-state index is -0.211. The molecule has 2 aliphatic rings. The first-order chi connectivity index (χ1) is 12.0. The molecule has 0 saturated heterocycles. The van der Waals surface area contributed by atoms with Crippen LogP contribution in [0.4, 0.5) is 0 Å². The molecule has 5 heteroatoms. The molecule has 25 heavy (non-hydrogen) atoms. The highest BCUT2D eigenvalue weighted by atomic mass is 35.5. The molecular weight excluding hydrogens is 338 g/mol. The van der Waals surface area contributed by atoms with Crippen LogP contribution >= 0.6 is 11.6 Å². The van der Waals surface area contributed by atoms with Gasteiger partial charge in [-0.05, 0) is 48.2 Å². The number of phenolic OH excluding ortho intramolecular Hbond substituents is 1. The van der Waals surface area contributed by atoms with Crippen molar-refractivity contribution >= 4 is 17.5 Å². The summed E-state index contributed by atoms with van der Waals surface area (Å²) in [5, 5.41) is 11.1. The van der Waals surface area contributed by atoms with E-state index in [1.54, 1.807) is 6.07 Å². The predicted molar refractivity (Wildman–Crippen MR) is 96.8 cm³/mol. The van der Waals surface area contributed by atoms with Crippen molar-refractivity contribution in [1.29, 1.82) is 0 Å². The predicted octanol–water partition coefficient (Wildman–Crippen LogP) is 4.23. The van der Waals surface area contributed by atoms with Crippen LogP contribution in [0, 0.1) is 5.41 Å². The quantitative estimate of drug-likeness (QED) is 0.874. The number of carbonyl (C=O) groups is 1. The van der Waals surface area contributed by atoms with Crippen LogP contribution in [0.1, 0.15) is 25.3 Å². The number of rotatable bonds is 2. The van der Waals surface area contributed by atoms with Crippen LogP contribution in [0.25, 0.3) is 11.1 Å². The second-order valence-electron chi connectivity index (χ2n) is 7.13. The molecule has 1 aliphatic carbocycles. The molecule has 0 radical (unpaired) electrons. The van der Waals surface area contributed by atoms with Gasteiger partial charge in [0.2, 0.25) is 5.91 Å². The summed E-state index contributed by atoms with van der Waals surface area (Å²) < 4.78 is 5.74. The van der Waals surface area contributed by atoms with Crippen molar-refractivity contribution in [2.75, 3.05) is 13.2 Å². The van der Waals surface area contributed by atoms with E-state index in [1.165, 1.54) is 0 Å². The van der Waals surface area contributed by atoms with E-state index in [1.807, 2.05) is 42.2 Å². The standard InChI is InChI=1S/C20H20ClNO3/c1-20(5-6-20)19(24)22-7-8-25-18-15(12-22)9-14(11-17(18)23)13-3-2-4-16(21)10-13/h2-4,9-11,23H,5-8,12H2,1H3. The van der Waals surface area contributed by atoms with Gasteiger partial charge in [-0.15, -0.1) is 0 Å². The van der Waals surface area contributed by atoms with Crippen LogP contribution in [-0.4, -0.2) is 29.1 Å². The molecular formula is C20H20ClNO3. The Hall–Kier alpha value is -2.20. The number of carbonyl (C=O) groups excluding carboxylic acids is 1. The minimum absolute atomic E-state index is 0.0967. The highest BCUT2D eigenvalue weighted by Crippen LogP contribution is 2.47. The lowest BCUT2D eigenvalue weighted by molar-refractivity contribution is -0.137. The molecule has 1 amide bonds. The Morgan fingerprint density at radius 3 is 2.76 bits per heavy atom. The van der Waals surface area contributed by atoms with Gasteiger partial charge < -0.3 is 14.7 Å². The molecule has 1 aliphatic heterocycles. The third kappa shape index (κ3) is 3.07. The molecule has 0 atom stereocenters. The number of hydrogen-bond donors (Lipinski definition) is 1. The first kappa shape index (κ1) is 16.3. The maximum Gasteiger partial charge on any atom is 0.228 e. The first-order valence-electron chi connectivity index (χ1n) is 8.50. The zero-order valence-electron chi connectivity index (χ0n) is 14.1. The topological polar surface area (TPSA) is 49.8 Å². The molecule has 1 N–H and O–H groups in total. The number of ether oxygens (including phenoxy) is 1. The molecule has 2 aromatic carbocycles. The Kier molecular flexibility index (Phi) is 3.88. The normalized spacial score (nSPS) is 18.1. The Morgan fingerprint density at radius 1 is 1.24 bits per heavy atom. The second-order valence-corrected chi connectivity index (χ2v) is 7.57. The number of phenols is 1. The van der Waals surface area contributed by atoms with Crippen LogP contribution in [0.2, 0.25) is 5.02 Å². The van der Waals surface area contributed by atoms with E-state index in [-0.39, 0.29) is 17.1 Å². The van der Waals surface area contributed by atoms with Crippen molar-refractivity contribution in [3.8, 4) is 22.6 Å². The van der Waals surface area contributed by atoms with Gasteiger partial charge in [0.05, 0.1) is 6.54 Å². The van der Waals surface area contributed by atoms with Crippen molar-refractivity contribution in [3.05, 3.63) is 47.0 Å². The van der Waals surface area contributed by atoms with Crippen molar-refractivity contribution in [2.45, 2.75) is 26.3 Å². The average Bonchev–Trinajstić information content (AvgIpc) is 3.37. The zero-order chi connectivity index (χ0) is 17.6. The maximum atomic E-state index is 12.7. The minimum Gasteiger partial charge on any atom is -0.504 e. The van der Waals surface area contributed by atoms with Crippen molar-refractivity contribution < 1.29 is 14.6 Å². The van der Waals surface area contributed by atoms with Gasteiger partial charge in [0.1, 0.15) is 6.61 Å². The summed E-state index contributed by atoms with van der Waals surface area (Å²) in [6.45, 7) is 3.39. The summed E-state index contributed by atoms with van der Waals surface area (Å²) in [6.07, 6.45) is 1.90. The molecule has 0 spiro atoms. The van der Waals surface area contributed by atoms with E-state index in [9.17, 15) is 9.90 Å². The number of benzene rings is 2. The van der Waals surface area contributed by atoms with Gasteiger partial charge in [-0.25, -0.2) is 0 Å². The summed E-state index contributed by atoms with van der Waals surface area (Å²) in [5.41, 5.74) is 2.39. The van der Waals surface area contributed by atoms with Gasteiger partial charge in [-0.3, -0.25) is 4.79 Å². The van der Waals surface area contributed by atoms with Crippen molar-refractivity contribution in [1.82, 2.24) is 4.90 Å². The van der Waals surface area contributed by atoms with E-state index in [4.69, 9.17) is 16.3 Å². The number of nitrogens with zero attached hydrogens (tertiary/aromatic N) is 1. The number of halogens is 1. The monoisotopic (exact) mass is 357 g/mol. The van der Waals surface area contributed by atoms with E-state index in [2.05, 4.69) is 0 Å². The molecule has 1 fully saturated rings. The third-order valence-electron chi connectivity index (χ3n) is 5.08. The maximum absolute atomic E-state index is 12.7. The molecule has 0 aromatic heterocycles. The van der Waals surface area contributed by atoms with Crippen LogP contribution in [0.15, 0.2) is 36.4 Å². The lowest BCUT2D eigenvalue weighted by atomic mass is 10.0. The summed E-state index contributed by atoms with van der Waals surface area (Å²) in [7, 11) is 0. The van der Waals surface area contributed by atoms with Crippen LogP contribution in [0.3, 0.4) is 0 Å². The average molecular weight is 358 g/mol. The van der Waals surface area contributed by atoms with Gasteiger partial charge in [0, 0.05) is 22.5 Å². The fraction of sp³-hybridized carbons (Fsp3) is 0.350. The lowest BCUT2D eigenvalue weighted by Crippen LogP contribution is -2.37. The molecule has 1 heterocycles. The molecule has 1 saturated carbocycles. The summed E-state index contributed by atoms with van der Waals surface area (Å²) in [4.78, 5) is 14.6. The van der Waals surface area contributed by atoms with Crippen molar-refractivity contribution in [2.24, 2.45) is 5.41 Å². The second kappa shape index (κ2) is 5.95. The Morgan fingerprint density at radius 2 is 2.04 bits per heavy atom. The van der Waals surface area contributed by atoms with Crippen LogP contribution < -0.4 is 4.74 Å². The molecule has 4 rings (SSSR count). The molecule has 130 valence electrons. The lowest BCUT2D eigenvalue weighted by Gasteiger charge is -2.23. The zero-order valence-corrected chi connectivity index (χ0v) is 14.8. The number of fused-ring (bicyclic) bond motifs is 1. The van der Waals surface area contributed by atoms with E-state index >= 15 is 0 Å². The van der Waals surface area contributed by atoms with Crippen LogP contribution in [-0.2, 0) is 11.3 Å². The highest BCUT2D eigenvalue weighted by Gasteiger charge is 2.47. The number of amides is 1. The fourth-order valence-electron chi connectivity index (χ4n) is 3.29. The summed E-state index contributed by atoms with van der Waals surface area (Å²) >= 11 is 6.09. The summed E-state index contributed by atoms with van der Waals surface area (Å²) in [5.74, 6) is 0.748. The highest BCUT2D eigenvalue weighted by molar-refractivity contribution is 6.30. The third-order valence-corrected chi connectivity index (χ3v) is 5.31. The van der Waals surface area contributed by atoms with Gasteiger partial charge in [-0.1, -0.05) is 30.7 Å². The van der Waals surface area contributed by atoms with Crippen LogP contribution in [0.5, 0.6) is 11.5 Å². The fourth-order valence-corrected chi connectivity index (χ4v) is 3.48. The molecule has 4 nitrogen and oxygen atoms in total. The van der Waals surface area contributed by atoms with Gasteiger partial charge in [0.25, 0.3) is 0 Å². The molecule has 2 aromatic rings. The first-order valence-corrected chi connectivity index (χ1v) is 8.88. The Bertz CT molecular complexity index is 845. The smallest absolute Gasteiger partial charge is 0.228 e.